The van der Waals surface area contributed by atoms with Gasteiger partial charge in [0.1, 0.15) is 0 Å². The van der Waals surface area contributed by atoms with E-state index in [2.05, 4.69) is 55.5 Å². The van der Waals surface area contributed by atoms with Crippen LogP contribution >= 0.6 is 0 Å². The molecule has 3 aromatic heterocycles. The molecule has 0 saturated heterocycles. The molecular formula is C57H65N3O9. The fourth-order valence-corrected chi connectivity index (χ4v) is 8.38. The van der Waals surface area contributed by atoms with Crippen LogP contribution in [0, 0.1) is 0 Å². The summed E-state index contributed by atoms with van der Waals surface area (Å²) < 4.78 is 18.7. The largest absolute Gasteiger partial charge is 0.426 e. The molecule has 0 atom stereocenters. The minimum absolute atomic E-state index is 0.171. The van der Waals surface area contributed by atoms with Crippen LogP contribution in [-0.2, 0) is 12.8 Å². The van der Waals surface area contributed by atoms with Crippen LogP contribution in [0.15, 0.2) is 161 Å². The number of carbonyl (C=O) groups excluding carboxylic acids is 3. The van der Waals surface area contributed by atoms with Crippen molar-refractivity contribution in [2.24, 2.45) is 0 Å². The Labute approximate surface area is 402 Å². The second-order valence-electron chi connectivity index (χ2n) is 17.4. The van der Waals surface area contributed by atoms with Gasteiger partial charge in [-0.15, -0.1) is 0 Å². The van der Waals surface area contributed by atoms with Gasteiger partial charge < -0.3 is 13.3 Å². The van der Waals surface area contributed by atoms with Gasteiger partial charge in [-0.2, -0.15) is 0 Å². The maximum absolute atomic E-state index is 12.3. The minimum atomic E-state index is -0.592. The number of hydrogen-bond acceptors (Lipinski definition) is 9. The summed E-state index contributed by atoms with van der Waals surface area (Å²) >= 11 is 0. The van der Waals surface area contributed by atoms with Gasteiger partial charge in [0.2, 0.25) is 17.7 Å². The molecule has 0 aliphatic rings. The SMILES string of the molecule is CCCCCCCCC(=O)n1c(=O)oc2ccccc21.O=C(CCCCCCCc1ccccc1)n1c(=O)oc2ccccc21.O=C(CCCCCCc1ccccc1)n1c(=O)oc2ccccc21. The second-order valence-corrected chi connectivity index (χ2v) is 17.4. The first-order valence-electron chi connectivity index (χ1n) is 24.7. The van der Waals surface area contributed by atoms with E-state index >= 15 is 0 Å². The summed E-state index contributed by atoms with van der Waals surface area (Å²) in [5.74, 6) is -2.30. The summed E-state index contributed by atoms with van der Waals surface area (Å²) in [5, 5.41) is 0. The van der Waals surface area contributed by atoms with E-state index in [9.17, 15) is 28.8 Å². The third kappa shape index (κ3) is 15.5. The first-order valence-corrected chi connectivity index (χ1v) is 24.7. The Bertz CT molecular complexity index is 3010. The number of para-hydroxylation sites is 6. The number of fused-ring (bicyclic) bond motifs is 3. The quantitative estimate of drug-likeness (QED) is 0.0603. The van der Waals surface area contributed by atoms with E-state index < -0.39 is 17.3 Å². The molecule has 0 N–H and O–H groups in total. The van der Waals surface area contributed by atoms with E-state index in [-0.39, 0.29) is 17.7 Å². The van der Waals surface area contributed by atoms with Gasteiger partial charge in [-0.3, -0.25) is 14.4 Å². The fraction of sp³-hybridized carbons (Fsp3) is 0.368. The number of benzene rings is 5. The van der Waals surface area contributed by atoms with Gasteiger partial charge in [-0.1, -0.05) is 168 Å². The van der Waals surface area contributed by atoms with Crippen molar-refractivity contribution in [1.29, 1.82) is 0 Å². The molecule has 69 heavy (non-hydrogen) atoms. The van der Waals surface area contributed by atoms with Gasteiger partial charge in [0.15, 0.2) is 16.7 Å². The summed E-state index contributed by atoms with van der Waals surface area (Å²) in [4.78, 5) is 72.2. The number of aromatic nitrogens is 3. The maximum Gasteiger partial charge on any atom is 0.426 e. The van der Waals surface area contributed by atoms with Crippen molar-refractivity contribution in [2.75, 3.05) is 0 Å². The number of oxazole rings is 3. The molecule has 0 fully saturated rings. The monoisotopic (exact) mass is 935 g/mol. The lowest BCUT2D eigenvalue weighted by atomic mass is 10.0. The first kappa shape index (κ1) is 51.3. The number of nitrogens with zero attached hydrogens (tertiary/aromatic N) is 3. The molecule has 0 aliphatic carbocycles. The number of rotatable bonds is 22. The Hall–Kier alpha value is -7.08. The third-order valence-corrected chi connectivity index (χ3v) is 12.1. The highest BCUT2D eigenvalue weighted by Crippen LogP contribution is 2.18. The highest BCUT2D eigenvalue weighted by atomic mass is 16.4. The van der Waals surface area contributed by atoms with Gasteiger partial charge in [-0.05, 0) is 92.5 Å². The van der Waals surface area contributed by atoms with Gasteiger partial charge in [-0.25, -0.2) is 28.1 Å². The minimum Gasteiger partial charge on any atom is -0.407 e. The first-order chi connectivity index (χ1) is 33.7. The van der Waals surface area contributed by atoms with Crippen molar-refractivity contribution >= 4 is 51.0 Å². The molecule has 12 nitrogen and oxygen atoms in total. The van der Waals surface area contributed by atoms with Crippen LogP contribution in [0.3, 0.4) is 0 Å². The predicted molar refractivity (Wildman–Crippen MR) is 272 cm³/mol. The molecule has 0 aliphatic heterocycles. The lowest BCUT2D eigenvalue weighted by molar-refractivity contribution is 0.0886. The summed E-state index contributed by atoms with van der Waals surface area (Å²) in [5.41, 5.74) is 5.79. The van der Waals surface area contributed by atoms with Crippen molar-refractivity contribution in [3.63, 3.8) is 0 Å². The van der Waals surface area contributed by atoms with Gasteiger partial charge in [0, 0.05) is 19.3 Å². The smallest absolute Gasteiger partial charge is 0.407 e. The molecule has 362 valence electrons. The molecule has 12 heteroatoms. The normalized spacial score (nSPS) is 11.0. The van der Waals surface area contributed by atoms with Crippen LogP contribution in [0.5, 0.6) is 0 Å². The van der Waals surface area contributed by atoms with Crippen LogP contribution in [0.2, 0.25) is 0 Å². The molecular weight excluding hydrogens is 871 g/mol. The highest BCUT2D eigenvalue weighted by molar-refractivity contribution is 5.90. The van der Waals surface area contributed by atoms with Crippen LogP contribution in [0.1, 0.15) is 148 Å². The summed E-state index contributed by atoms with van der Waals surface area (Å²) in [6, 6.07) is 42.0. The average Bonchev–Trinajstić information content (AvgIpc) is 4.02. The third-order valence-electron chi connectivity index (χ3n) is 12.1. The summed E-state index contributed by atoms with van der Waals surface area (Å²) in [6.45, 7) is 2.18. The van der Waals surface area contributed by atoms with Gasteiger partial charge >= 0.3 is 17.3 Å². The van der Waals surface area contributed by atoms with Crippen molar-refractivity contribution in [3.05, 3.63) is 176 Å². The van der Waals surface area contributed by atoms with Gasteiger partial charge in [0.25, 0.3) is 0 Å². The van der Waals surface area contributed by atoms with Crippen molar-refractivity contribution in [1.82, 2.24) is 13.7 Å². The Morgan fingerprint density at radius 3 is 0.957 bits per heavy atom. The predicted octanol–water partition coefficient (Wildman–Crippen LogP) is 13.2. The van der Waals surface area contributed by atoms with Crippen LogP contribution in [-0.4, -0.2) is 31.4 Å². The maximum atomic E-state index is 12.3. The lowest BCUT2D eigenvalue weighted by Gasteiger charge is -2.03. The van der Waals surface area contributed by atoms with E-state index in [1.54, 1.807) is 72.8 Å². The van der Waals surface area contributed by atoms with Crippen LogP contribution in [0.25, 0.3) is 33.3 Å². The van der Waals surface area contributed by atoms with Crippen molar-refractivity contribution in [2.45, 2.75) is 135 Å². The molecule has 0 amide bonds. The van der Waals surface area contributed by atoms with Crippen molar-refractivity contribution < 1.29 is 27.6 Å². The highest BCUT2D eigenvalue weighted by Gasteiger charge is 2.17. The Kier molecular flexibility index (Phi) is 20.6. The molecule has 8 aromatic rings. The van der Waals surface area contributed by atoms with E-state index in [4.69, 9.17) is 13.3 Å². The summed E-state index contributed by atoms with van der Waals surface area (Å²) in [7, 11) is 0. The molecule has 0 saturated carbocycles. The molecule has 5 aromatic carbocycles. The van der Waals surface area contributed by atoms with E-state index in [1.165, 1.54) is 36.8 Å². The zero-order chi connectivity index (χ0) is 48.6. The van der Waals surface area contributed by atoms with E-state index in [1.807, 2.05) is 12.1 Å². The molecule has 0 spiro atoms. The van der Waals surface area contributed by atoms with E-state index in [0.717, 1.165) is 97.2 Å². The lowest BCUT2D eigenvalue weighted by Crippen LogP contribution is -2.22. The zero-order valence-electron chi connectivity index (χ0n) is 39.9. The molecule has 3 heterocycles. The fourth-order valence-electron chi connectivity index (χ4n) is 8.38. The molecule has 0 unspecified atom stereocenters. The van der Waals surface area contributed by atoms with Gasteiger partial charge in [0.05, 0.1) is 16.6 Å². The Morgan fingerprint density at radius 1 is 0.348 bits per heavy atom. The number of carbonyl (C=O) groups is 3. The zero-order valence-corrected chi connectivity index (χ0v) is 39.9. The van der Waals surface area contributed by atoms with E-state index in [0.29, 0.717) is 52.6 Å². The Morgan fingerprint density at radius 2 is 0.623 bits per heavy atom. The molecule has 8 rings (SSSR count). The second kappa shape index (κ2) is 27.7. The number of hydrogen-bond donors (Lipinski definition) is 0. The van der Waals surface area contributed by atoms with Crippen LogP contribution < -0.4 is 17.3 Å². The number of unbranched alkanes of at least 4 members (excludes halogenated alkanes) is 12. The topological polar surface area (TPSA) is 157 Å². The molecule has 0 radical (unpaired) electrons. The summed E-state index contributed by atoms with van der Waals surface area (Å²) in [6.07, 6.45) is 19.3. The molecule has 0 bridgehead atoms. The average molecular weight is 936 g/mol. The standard InChI is InChI=1S/C21H23NO3.C20H21NO3.C16H21NO3/c23-20(22-18-14-9-10-15-19(18)25-21(22)24)16-8-3-1-2-5-11-17-12-6-4-7-13-17;22-19(21-17-13-8-9-14-18(17)24-20(21)23)15-7-2-1-4-10-16-11-5-3-6-12-16;1-2-3-4-5-6-7-12-15(18)17-13-10-8-9-11-14(13)20-16(17)19/h4,6-7,9-10,12-15H,1-3,5,8,11,16H2;3,5-6,8-9,11-14H,1-2,4,7,10,15H2;8-11H,2-7,12H2,1H3. The Balaban J connectivity index is 0.000000171. The van der Waals surface area contributed by atoms with Crippen LogP contribution in [0.4, 0.5) is 0 Å². The number of aryl methyl sites for hydroxylation is 2. The van der Waals surface area contributed by atoms with Crippen molar-refractivity contribution in [3.8, 4) is 0 Å².